The Bertz CT molecular complexity index is 9.65. The summed E-state index contributed by atoms with van der Waals surface area (Å²) < 4.78 is 0. The summed E-state index contributed by atoms with van der Waals surface area (Å²) in [5, 5.41) is 0. The van der Waals surface area contributed by atoms with Crippen LogP contribution < -0.4 is 0 Å². The van der Waals surface area contributed by atoms with Crippen LogP contribution in [0.5, 0.6) is 0 Å². The van der Waals surface area contributed by atoms with Crippen LogP contribution in [-0.2, 0) is 39.0 Å². The molecular formula is Al2CuO4. The predicted octanol–water partition coefficient (Wildman–Crippen LogP) is -1.24. The quantitative estimate of drug-likeness (QED) is 0.416. The van der Waals surface area contributed by atoms with Crippen LogP contribution in [0.1, 0.15) is 0 Å². The van der Waals surface area contributed by atoms with Crippen LogP contribution in [-0.4, -0.2) is 34.7 Å². The van der Waals surface area contributed by atoms with Crippen LogP contribution >= 0.6 is 0 Å². The van der Waals surface area contributed by atoms with Gasteiger partial charge in [-0.1, -0.05) is 0 Å². The van der Waals surface area contributed by atoms with E-state index in [4.69, 9.17) is 0 Å². The van der Waals surface area contributed by atoms with Gasteiger partial charge in [-0.05, 0) is 0 Å². The standard InChI is InChI=1S/2Al.Cu.4O/q2*+3;+2;4*-2. The van der Waals surface area contributed by atoms with Crippen molar-refractivity contribution in [3.63, 3.8) is 0 Å². The number of hydrogen-bond donors (Lipinski definition) is 0. The molecule has 7 heavy (non-hydrogen) atoms. The maximum Gasteiger partial charge on any atom is 3.00 e. The molecule has 0 spiro atoms. The van der Waals surface area contributed by atoms with E-state index < -0.39 is 0 Å². The van der Waals surface area contributed by atoms with Gasteiger partial charge >= 0.3 is 51.8 Å². The summed E-state index contributed by atoms with van der Waals surface area (Å²) >= 11 is 0. The molecule has 0 atom stereocenters. The van der Waals surface area contributed by atoms with E-state index in [9.17, 15) is 0 Å². The zero-order chi connectivity index (χ0) is 0. The van der Waals surface area contributed by atoms with Crippen LogP contribution in [0.4, 0.5) is 0 Å². The Morgan fingerprint density at radius 1 is 0.429 bits per heavy atom. The molecule has 0 saturated carbocycles. The van der Waals surface area contributed by atoms with Crippen molar-refractivity contribution in [2.24, 2.45) is 0 Å². The molecule has 4 nitrogen and oxygen atoms in total. The van der Waals surface area contributed by atoms with Crippen LogP contribution in [0.15, 0.2) is 0 Å². The molecule has 0 aromatic rings. The van der Waals surface area contributed by atoms with E-state index in [1.54, 1.807) is 0 Å². The fourth-order valence-corrected chi connectivity index (χ4v) is 0. The molecule has 0 aliphatic carbocycles. The molecule has 1 radical (unpaired) electrons. The van der Waals surface area contributed by atoms with Crippen LogP contribution in [0.25, 0.3) is 0 Å². The van der Waals surface area contributed by atoms with E-state index in [-0.39, 0.29) is 73.7 Å². The first-order chi connectivity index (χ1) is 0. The largest absolute Gasteiger partial charge is 3.00 e. The summed E-state index contributed by atoms with van der Waals surface area (Å²) in [5.74, 6) is 0. The van der Waals surface area contributed by atoms with E-state index in [1.807, 2.05) is 0 Å². The van der Waals surface area contributed by atoms with Crippen molar-refractivity contribution >= 4 is 34.7 Å². The summed E-state index contributed by atoms with van der Waals surface area (Å²) in [7, 11) is 0. The third kappa shape index (κ3) is 108. The maximum atomic E-state index is 0. The predicted molar refractivity (Wildman–Crippen MR) is 14.3 cm³/mol. The Hall–Kier alpha value is 1.42. The summed E-state index contributed by atoms with van der Waals surface area (Å²) in [6, 6.07) is 0. The molecular weight excluding hydrogens is 182 g/mol. The normalized spacial score (nSPS) is 0. The Morgan fingerprint density at radius 3 is 0.429 bits per heavy atom. The Labute approximate surface area is 73.6 Å². The SMILES string of the molecule is [Al+3].[Al+3].[Cu+2].[O-2].[O-2].[O-2].[O-2]. The zero-order valence-corrected chi connectivity index (χ0v) is 6.34. The van der Waals surface area contributed by atoms with Gasteiger partial charge in [0.05, 0.1) is 0 Å². The second-order valence-electron chi connectivity index (χ2n) is 0. The molecule has 0 saturated heterocycles. The van der Waals surface area contributed by atoms with Gasteiger partial charge in [-0.3, -0.25) is 0 Å². The Morgan fingerprint density at radius 2 is 0.429 bits per heavy atom. The fraction of sp³-hybridized carbons (Fsp3) is 0. The summed E-state index contributed by atoms with van der Waals surface area (Å²) in [4.78, 5) is 0. The molecule has 0 aliphatic heterocycles. The van der Waals surface area contributed by atoms with Gasteiger partial charge in [0.25, 0.3) is 0 Å². The van der Waals surface area contributed by atoms with E-state index in [1.165, 1.54) is 0 Å². The van der Waals surface area contributed by atoms with Gasteiger partial charge in [-0.2, -0.15) is 0 Å². The molecule has 0 rings (SSSR count). The van der Waals surface area contributed by atoms with Crippen molar-refractivity contribution in [3.05, 3.63) is 0 Å². The average molecular weight is 182 g/mol. The molecule has 0 amide bonds. The molecule has 0 aliphatic rings. The molecule has 0 N–H and O–H groups in total. The molecule has 0 bridgehead atoms. The minimum Gasteiger partial charge on any atom is -2.00 e. The Kier molecular flexibility index (Phi) is 4940. The molecule has 41 valence electrons. The van der Waals surface area contributed by atoms with Gasteiger partial charge in [0, 0.05) is 0 Å². The van der Waals surface area contributed by atoms with Crippen molar-refractivity contribution < 1.29 is 39.0 Å². The van der Waals surface area contributed by atoms with Crippen molar-refractivity contribution in [3.8, 4) is 0 Å². The van der Waals surface area contributed by atoms with Gasteiger partial charge in [-0.25, -0.2) is 0 Å². The zero-order valence-electron chi connectivity index (χ0n) is 3.09. The first kappa shape index (κ1) is 229. The second-order valence-corrected chi connectivity index (χ2v) is 0. The summed E-state index contributed by atoms with van der Waals surface area (Å²) in [6.07, 6.45) is 0. The average Bonchev–Trinajstić information content (AvgIpc) is 0. The maximum absolute atomic E-state index is 0. The third-order valence-electron chi connectivity index (χ3n) is 0. The number of rotatable bonds is 0. The molecule has 0 aromatic heterocycles. The van der Waals surface area contributed by atoms with Crippen molar-refractivity contribution in [1.29, 1.82) is 0 Å². The molecule has 0 aromatic carbocycles. The smallest absolute Gasteiger partial charge is 2.00 e. The molecule has 7 heteroatoms. The van der Waals surface area contributed by atoms with Crippen molar-refractivity contribution in [2.45, 2.75) is 0 Å². The van der Waals surface area contributed by atoms with Gasteiger partial charge in [0.1, 0.15) is 0 Å². The van der Waals surface area contributed by atoms with Gasteiger partial charge in [0.15, 0.2) is 0 Å². The second kappa shape index (κ2) is 151. The summed E-state index contributed by atoms with van der Waals surface area (Å²) in [5.41, 5.74) is 0. The Balaban J connectivity index is 0. The first-order valence-corrected chi connectivity index (χ1v) is 0. The van der Waals surface area contributed by atoms with Gasteiger partial charge in [0.2, 0.25) is 0 Å². The van der Waals surface area contributed by atoms with Crippen LogP contribution in [0.2, 0.25) is 0 Å². The molecule has 0 heterocycles. The minimum atomic E-state index is 0. The van der Waals surface area contributed by atoms with Gasteiger partial charge in [-0.15, -0.1) is 0 Å². The molecule has 0 unspecified atom stereocenters. The molecule has 0 fully saturated rings. The van der Waals surface area contributed by atoms with Crippen molar-refractivity contribution in [2.75, 3.05) is 0 Å². The summed E-state index contributed by atoms with van der Waals surface area (Å²) in [6.45, 7) is 0. The monoisotopic (exact) mass is 181 g/mol. The van der Waals surface area contributed by atoms with E-state index in [2.05, 4.69) is 0 Å². The van der Waals surface area contributed by atoms with Gasteiger partial charge < -0.3 is 21.9 Å². The van der Waals surface area contributed by atoms with E-state index in [0.717, 1.165) is 0 Å². The van der Waals surface area contributed by atoms with Crippen LogP contribution in [0, 0.1) is 0 Å². The first-order valence-electron chi connectivity index (χ1n) is 0. The fourth-order valence-electron chi connectivity index (χ4n) is 0. The topological polar surface area (TPSA) is 114 Å². The van der Waals surface area contributed by atoms with E-state index in [0.29, 0.717) is 0 Å². The van der Waals surface area contributed by atoms with Crippen LogP contribution in [0.3, 0.4) is 0 Å². The minimum absolute atomic E-state index is 0. The number of hydrogen-bond acceptors (Lipinski definition) is 0. The van der Waals surface area contributed by atoms with Crippen molar-refractivity contribution in [1.82, 2.24) is 0 Å². The third-order valence-corrected chi connectivity index (χ3v) is 0. The van der Waals surface area contributed by atoms with E-state index >= 15 is 0 Å².